The molecule has 0 aliphatic rings. The van der Waals surface area contributed by atoms with Crippen molar-refractivity contribution in [3.8, 4) is 0 Å². The molecule has 0 saturated heterocycles. The molecule has 0 aliphatic carbocycles. The van der Waals surface area contributed by atoms with Gasteiger partial charge in [-0.05, 0) is 36.1 Å². The summed E-state index contributed by atoms with van der Waals surface area (Å²) in [5, 5.41) is 0. The molecule has 2 aromatic carbocycles. The first-order chi connectivity index (χ1) is 10.1. The van der Waals surface area contributed by atoms with Gasteiger partial charge in [-0.1, -0.05) is 50.2 Å². The van der Waals surface area contributed by atoms with Crippen LogP contribution in [0.5, 0.6) is 0 Å². The Morgan fingerprint density at radius 2 is 1.71 bits per heavy atom. The first kappa shape index (κ1) is 13.9. The smallest absolute Gasteiger partial charge is 0.241 e. The predicted molar refractivity (Wildman–Crippen MR) is 87.3 cm³/mol. The maximum Gasteiger partial charge on any atom is 0.255 e. The van der Waals surface area contributed by atoms with Crippen LogP contribution in [-0.4, -0.2) is 4.98 Å². The van der Waals surface area contributed by atoms with Crippen LogP contribution in [-0.2, 0) is 13.0 Å². The summed E-state index contributed by atoms with van der Waals surface area (Å²) in [6.45, 7) is 7.65. The van der Waals surface area contributed by atoms with Gasteiger partial charge in [-0.3, -0.25) is 0 Å². The van der Waals surface area contributed by atoms with Gasteiger partial charge in [-0.15, -0.1) is 0 Å². The van der Waals surface area contributed by atoms with Crippen LogP contribution in [0.3, 0.4) is 0 Å². The number of fused-ring (bicyclic) bond motifs is 1. The van der Waals surface area contributed by atoms with Gasteiger partial charge in [0.05, 0.1) is 6.42 Å². The van der Waals surface area contributed by atoms with Gasteiger partial charge in [0, 0.05) is 0 Å². The zero-order chi connectivity index (χ0) is 14.8. The topological polar surface area (TPSA) is 19.7 Å². The zero-order valence-electron chi connectivity index (χ0n) is 13.1. The number of nitrogens with zero attached hydrogens (tertiary/aromatic N) is 1. The first-order valence-corrected chi connectivity index (χ1v) is 7.69. The lowest BCUT2D eigenvalue weighted by Crippen LogP contribution is -2.38. The van der Waals surface area contributed by atoms with Gasteiger partial charge in [0.15, 0.2) is 11.0 Å². The van der Waals surface area contributed by atoms with Crippen molar-refractivity contribution in [2.45, 2.75) is 33.7 Å². The van der Waals surface area contributed by atoms with E-state index in [9.17, 15) is 0 Å². The van der Waals surface area contributed by atoms with E-state index in [0.29, 0.717) is 5.92 Å². The maximum absolute atomic E-state index is 3.60. The van der Waals surface area contributed by atoms with E-state index in [-0.39, 0.29) is 0 Å². The van der Waals surface area contributed by atoms with Crippen molar-refractivity contribution >= 4 is 11.0 Å². The first-order valence-electron chi connectivity index (χ1n) is 7.69. The highest BCUT2D eigenvalue weighted by atomic mass is 15.1. The number of imidazole rings is 1. The van der Waals surface area contributed by atoms with Crippen LogP contribution in [0.4, 0.5) is 0 Å². The SMILES string of the molecule is Cc1ccccc1C[n+]1c(CC(C)C)[nH]c2ccccc21. The molecule has 1 aromatic heterocycles. The molecule has 0 spiro atoms. The number of rotatable bonds is 4. The Kier molecular flexibility index (Phi) is 3.78. The Balaban J connectivity index is 2.09. The normalized spacial score (nSPS) is 11.4. The van der Waals surface area contributed by atoms with Crippen molar-refractivity contribution in [3.05, 3.63) is 65.5 Å². The van der Waals surface area contributed by atoms with E-state index in [1.807, 2.05) is 0 Å². The summed E-state index contributed by atoms with van der Waals surface area (Å²) in [6.07, 6.45) is 1.07. The molecule has 2 nitrogen and oxygen atoms in total. The van der Waals surface area contributed by atoms with E-state index in [4.69, 9.17) is 0 Å². The minimum atomic E-state index is 0.640. The third-order valence-electron chi connectivity index (χ3n) is 3.99. The van der Waals surface area contributed by atoms with Crippen molar-refractivity contribution in [1.82, 2.24) is 4.98 Å². The molecule has 2 heteroatoms. The number of H-pyrrole nitrogens is 1. The van der Waals surface area contributed by atoms with Crippen molar-refractivity contribution in [2.24, 2.45) is 5.92 Å². The quantitative estimate of drug-likeness (QED) is 0.696. The van der Waals surface area contributed by atoms with E-state index < -0.39 is 0 Å². The average Bonchev–Trinajstić information content (AvgIpc) is 2.78. The Morgan fingerprint density at radius 1 is 1.00 bits per heavy atom. The predicted octanol–water partition coefficient (Wildman–Crippen LogP) is 4.01. The van der Waals surface area contributed by atoms with Gasteiger partial charge in [0.1, 0.15) is 6.54 Å². The third-order valence-corrected chi connectivity index (χ3v) is 3.99. The standard InChI is InChI=1S/C19H22N2/c1-14(2)12-19-20-17-10-6-7-11-18(17)21(19)13-16-9-5-4-8-15(16)3/h4-11,14H,12-13H2,1-3H3/p+1. The van der Waals surface area contributed by atoms with Crippen molar-refractivity contribution in [2.75, 3.05) is 0 Å². The monoisotopic (exact) mass is 279 g/mol. The second kappa shape index (κ2) is 5.72. The van der Waals surface area contributed by atoms with Gasteiger partial charge >= 0.3 is 0 Å². The number of nitrogens with one attached hydrogen (secondary N) is 1. The molecule has 0 bridgehead atoms. The molecule has 0 atom stereocenters. The molecule has 3 rings (SSSR count). The minimum absolute atomic E-state index is 0.640. The highest BCUT2D eigenvalue weighted by Gasteiger charge is 2.19. The lowest BCUT2D eigenvalue weighted by molar-refractivity contribution is -0.670. The second-order valence-electron chi connectivity index (χ2n) is 6.20. The fourth-order valence-electron chi connectivity index (χ4n) is 2.87. The number of para-hydroxylation sites is 2. The van der Waals surface area contributed by atoms with Crippen molar-refractivity contribution in [3.63, 3.8) is 0 Å². The molecule has 21 heavy (non-hydrogen) atoms. The van der Waals surface area contributed by atoms with E-state index >= 15 is 0 Å². The molecule has 0 saturated carbocycles. The Morgan fingerprint density at radius 3 is 2.48 bits per heavy atom. The lowest BCUT2D eigenvalue weighted by Gasteiger charge is -2.07. The summed E-state index contributed by atoms with van der Waals surface area (Å²) in [5.41, 5.74) is 5.25. The van der Waals surface area contributed by atoms with Crippen LogP contribution in [0.2, 0.25) is 0 Å². The van der Waals surface area contributed by atoms with E-state index in [1.54, 1.807) is 0 Å². The highest BCUT2D eigenvalue weighted by molar-refractivity contribution is 5.71. The Bertz CT molecular complexity index is 753. The van der Waals surface area contributed by atoms with Crippen molar-refractivity contribution in [1.29, 1.82) is 0 Å². The maximum atomic E-state index is 3.60. The summed E-state index contributed by atoms with van der Waals surface area (Å²) in [5.74, 6) is 1.95. The number of aryl methyl sites for hydroxylation is 1. The molecular weight excluding hydrogens is 256 g/mol. The van der Waals surface area contributed by atoms with Crippen LogP contribution >= 0.6 is 0 Å². The van der Waals surface area contributed by atoms with Gasteiger partial charge in [-0.25, -0.2) is 9.55 Å². The minimum Gasteiger partial charge on any atom is -0.241 e. The Labute approximate surface area is 126 Å². The highest BCUT2D eigenvalue weighted by Crippen LogP contribution is 2.14. The molecular formula is C19H23N2+. The number of hydrogen-bond acceptors (Lipinski definition) is 0. The molecule has 108 valence electrons. The average molecular weight is 279 g/mol. The van der Waals surface area contributed by atoms with Gasteiger partial charge < -0.3 is 0 Å². The summed E-state index contributed by atoms with van der Waals surface area (Å²) in [7, 11) is 0. The van der Waals surface area contributed by atoms with E-state index in [1.165, 1.54) is 28.0 Å². The van der Waals surface area contributed by atoms with Gasteiger partial charge in [-0.2, -0.15) is 0 Å². The van der Waals surface area contributed by atoms with Crippen LogP contribution in [0.15, 0.2) is 48.5 Å². The number of aromatic amines is 1. The fraction of sp³-hybridized carbons (Fsp3) is 0.316. The number of benzene rings is 2. The molecule has 0 amide bonds. The summed E-state index contributed by atoms with van der Waals surface area (Å²) in [4.78, 5) is 3.60. The van der Waals surface area contributed by atoms with Crippen LogP contribution in [0.25, 0.3) is 11.0 Å². The lowest BCUT2D eigenvalue weighted by atomic mass is 10.1. The van der Waals surface area contributed by atoms with E-state index in [0.717, 1.165) is 13.0 Å². The molecule has 0 radical (unpaired) electrons. The molecule has 1 N–H and O–H groups in total. The number of hydrogen-bond donors (Lipinski definition) is 1. The largest absolute Gasteiger partial charge is 0.255 e. The second-order valence-corrected chi connectivity index (χ2v) is 6.20. The number of aromatic nitrogens is 2. The van der Waals surface area contributed by atoms with Crippen LogP contribution in [0, 0.1) is 12.8 Å². The Hall–Kier alpha value is -2.09. The summed E-state index contributed by atoms with van der Waals surface area (Å²) in [6, 6.07) is 17.2. The molecule has 1 heterocycles. The van der Waals surface area contributed by atoms with Gasteiger partial charge in [0.2, 0.25) is 0 Å². The van der Waals surface area contributed by atoms with Gasteiger partial charge in [0.25, 0.3) is 5.82 Å². The summed E-state index contributed by atoms with van der Waals surface area (Å²) < 4.78 is 2.43. The summed E-state index contributed by atoms with van der Waals surface area (Å²) >= 11 is 0. The molecule has 0 aliphatic heterocycles. The molecule has 3 aromatic rings. The van der Waals surface area contributed by atoms with Crippen LogP contribution < -0.4 is 4.57 Å². The zero-order valence-corrected chi connectivity index (χ0v) is 13.1. The van der Waals surface area contributed by atoms with Crippen LogP contribution in [0.1, 0.15) is 30.8 Å². The molecule has 0 unspecified atom stereocenters. The fourth-order valence-corrected chi connectivity index (χ4v) is 2.87. The molecule has 0 fully saturated rings. The van der Waals surface area contributed by atoms with Crippen molar-refractivity contribution < 1.29 is 4.57 Å². The third kappa shape index (κ3) is 2.85. The van der Waals surface area contributed by atoms with E-state index in [2.05, 4.69) is 78.9 Å².